The van der Waals surface area contributed by atoms with Crippen LogP contribution in [0.1, 0.15) is 31.2 Å². The molecule has 1 rings (SSSR count). The maximum absolute atomic E-state index is 2.32. The van der Waals surface area contributed by atoms with Crippen LogP contribution < -0.4 is 0 Å². The molecule has 0 fully saturated rings. The van der Waals surface area contributed by atoms with Crippen molar-refractivity contribution < 1.29 is 0 Å². The quantitative estimate of drug-likeness (QED) is 0.616. The van der Waals surface area contributed by atoms with Crippen LogP contribution in [0.25, 0.3) is 0 Å². The third kappa shape index (κ3) is 2.05. The summed E-state index contributed by atoms with van der Waals surface area (Å²) in [6, 6.07) is 2.32. The predicted molar refractivity (Wildman–Crippen MR) is 59.5 cm³/mol. The zero-order valence-electron chi connectivity index (χ0n) is 8.39. The van der Waals surface area contributed by atoms with Crippen LogP contribution >= 0.6 is 23.1 Å². The molecule has 2 heteroatoms. The Kier molecular flexibility index (Phi) is 2.89. The van der Waals surface area contributed by atoms with Gasteiger partial charge in [-0.25, -0.2) is 0 Å². The van der Waals surface area contributed by atoms with Crippen molar-refractivity contribution in [1.29, 1.82) is 0 Å². The molecule has 0 N–H and O–H groups in total. The topological polar surface area (TPSA) is 0 Å². The van der Waals surface area contributed by atoms with Gasteiger partial charge < -0.3 is 0 Å². The first-order chi connectivity index (χ1) is 5.45. The number of rotatable bonds is 1. The monoisotopic (exact) mass is 200 g/mol. The molecule has 0 radical (unpaired) electrons. The van der Waals surface area contributed by atoms with Gasteiger partial charge in [0.25, 0.3) is 0 Å². The van der Waals surface area contributed by atoms with Gasteiger partial charge in [-0.15, -0.1) is 23.1 Å². The molecule has 1 aromatic heterocycles. The van der Waals surface area contributed by atoms with Gasteiger partial charge in [0.15, 0.2) is 0 Å². The van der Waals surface area contributed by atoms with E-state index in [-0.39, 0.29) is 0 Å². The Morgan fingerprint density at radius 2 is 1.92 bits per heavy atom. The van der Waals surface area contributed by atoms with E-state index < -0.39 is 0 Å². The lowest BCUT2D eigenvalue weighted by atomic mass is 9.89. The first-order valence-corrected chi connectivity index (χ1v) is 6.14. The number of thiophene rings is 1. The molecule has 0 unspecified atom stereocenters. The maximum Gasteiger partial charge on any atom is 0.0636 e. The molecule has 0 aliphatic carbocycles. The van der Waals surface area contributed by atoms with Crippen molar-refractivity contribution in [2.45, 2.75) is 37.3 Å². The molecule has 1 heterocycles. The van der Waals surface area contributed by atoms with E-state index in [0.717, 1.165) is 0 Å². The SMILES string of the molecule is CSc1sc(C)cc1C(C)(C)C. The lowest BCUT2D eigenvalue weighted by Gasteiger charge is -2.18. The number of aryl methyl sites for hydroxylation is 1. The summed E-state index contributed by atoms with van der Waals surface area (Å²) in [4.78, 5) is 1.42. The Labute approximate surface area is 83.4 Å². The Bertz CT molecular complexity index is 266. The summed E-state index contributed by atoms with van der Waals surface area (Å²) in [6.45, 7) is 9.00. The highest BCUT2D eigenvalue weighted by Gasteiger charge is 2.19. The van der Waals surface area contributed by atoms with Crippen LogP contribution in [0.4, 0.5) is 0 Å². The van der Waals surface area contributed by atoms with Gasteiger partial charge in [0.2, 0.25) is 0 Å². The second kappa shape index (κ2) is 3.43. The fraction of sp³-hybridized carbons (Fsp3) is 0.600. The summed E-state index contributed by atoms with van der Waals surface area (Å²) in [5, 5.41) is 0. The molecule has 1 aromatic rings. The van der Waals surface area contributed by atoms with E-state index >= 15 is 0 Å². The van der Waals surface area contributed by atoms with Crippen LogP contribution in [0.15, 0.2) is 10.3 Å². The van der Waals surface area contributed by atoms with E-state index in [0.29, 0.717) is 5.41 Å². The second-order valence-electron chi connectivity index (χ2n) is 4.01. The van der Waals surface area contributed by atoms with Crippen molar-refractivity contribution in [1.82, 2.24) is 0 Å². The zero-order valence-corrected chi connectivity index (χ0v) is 10.0. The molecule has 0 aliphatic heterocycles. The van der Waals surface area contributed by atoms with Crippen LogP contribution in [0.2, 0.25) is 0 Å². The Balaban J connectivity index is 3.13. The number of thioether (sulfide) groups is 1. The van der Waals surface area contributed by atoms with Gasteiger partial charge in [0.1, 0.15) is 0 Å². The van der Waals surface area contributed by atoms with Gasteiger partial charge in [-0.3, -0.25) is 0 Å². The van der Waals surface area contributed by atoms with Crippen LogP contribution in [-0.2, 0) is 5.41 Å². The molecule has 0 bridgehead atoms. The Morgan fingerprint density at radius 3 is 2.25 bits per heavy atom. The molecular formula is C10H16S2. The van der Waals surface area contributed by atoms with Gasteiger partial charge in [0, 0.05) is 4.88 Å². The Hall–Kier alpha value is 0.0500. The van der Waals surface area contributed by atoms with E-state index in [2.05, 4.69) is 40.0 Å². The van der Waals surface area contributed by atoms with Gasteiger partial charge in [-0.2, -0.15) is 0 Å². The summed E-state index contributed by atoms with van der Waals surface area (Å²) in [5.41, 5.74) is 1.79. The summed E-state index contributed by atoms with van der Waals surface area (Å²) in [5.74, 6) is 0. The highest BCUT2D eigenvalue weighted by atomic mass is 32.2. The van der Waals surface area contributed by atoms with E-state index in [1.54, 1.807) is 0 Å². The van der Waals surface area contributed by atoms with E-state index in [1.807, 2.05) is 23.1 Å². The lowest BCUT2D eigenvalue weighted by Crippen LogP contribution is -2.10. The molecule has 0 saturated heterocycles. The third-order valence-corrected chi connectivity index (χ3v) is 4.00. The minimum absolute atomic E-state index is 0.295. The van der Waals surface area contributed by atoms with Crippen molar-refractivity contribution >= 4 is 23.1 Å². The summed E-state index contributed by atoms with van der Waals surface area (Å²) in [6.07, 6.45) is 2.15. The van der Waals surface area contributed by atoms with Crippen molar-refractivity contribution in [2.75, 3.05) is 6.26 Å². The predicted octanol–water partition coefficient (Wildman–Crippen LogP) is 4.08. The average Bonchev–Trinajstić information content (AvgIpc) is 2.29. The Morgan fingerprint density at radius 1 is 1.33 bits per heavy atom. The molecule has 0 saturated carbocycles. The first kappa shape index (κ1) is 10.1. The molecular weight excluding hydrogens is 184 g/mol. The smallest absolute Gasteiger partial charge is 0.0636 e. The maximum atomic E-state index is 2.32. The first-order valence-electron chi connectivity index (χ1n) is 4.10. The van der Waals surface area contributed by atoms with Crippen LogP contribution in [0, 0.1) is 6.92 Å². The van der Waals surface area contributed by atoms with E-state index in [4.69, 9.17) is 0 Å². The highest BCUT2D eigenvalue weighted by molar-refractivity contribution is 8.00. The van der Waals surface area contributed by atoms with E-state index in [9.17, 15) is 0 Å². The van der Waals surface area contributed by atoms with Gasteiger partial charge >= 0.3 is 0 Å². The van der Waals surface area contributed by atoms with Crippen molar-refractivity contribution in [3.05, 3.63) is 16.5 Å². The van der Waals surface area contributed by atoms with Crippen LogP contribution in [0.5, 0.6) is 0 Å². The van der Waals surface area contributed by atoms with Crippen molar-refractivity contribution in [3.63, 3.8) is 0 Å². The molecule has 0 spiro atoms. The van der Waals surface area contributed by atoms with Crippen LogP contribution in [-0.4, -0.2) is 6.26 Å². The van der Waals surface area contributed by atoms with Crippen molar-refractivity contribution in [3.8, 4) is 0 Å². The summed E-state index contributed by atoms with van der Waals surface area (Å²) < 4.78 is 1.47. The molecule has 0 aromatic carbocycles. The second-order valence-corrected chi connectivity index (χ2v) is 6.34. The largest absolute Gasteiger partial charge is 0.134 e. The fourth-order valence-electron chi connectivity index (χ4n) is 1.17. The van der Waals surface area contributed by atoms with Gasteiger partial charge in [-0.05, 0) is 30.2 Å². The average molecular weight is 200 g/mol. The molecule has 0 amide bonds. The zero-order chi connectivity index (χ0) is 9.35. The fourth-order valence-corrected chi connectivity index (χ4v) is 3.42. The number of hydrogen-bond donors (Lipinski definition) is 0. The minimum atomic E-state index is 0.295. The molecule has 0 aliphatic rings. The van der Waals surface area contributed by atoms with Crippen molar-refractivity contribution in [2.24, 2.45) is 0 Å². The van der Waals surface area contributed by atoms with Gasteiger partial charge in [0.05, 0.1) is 4.21 Å². The highest BCUT2D eigenvalue weighted by Crippen LogP contribution is 2.37. The molecule has 68 valence electrons. The molecule has 0 nitrogen and oxygen atoms in total. The normalized spacial score (nSPS) is 12.1. The summed E-state index contributed by atoms with van der Waals surface area (Å²) in [7, 11) is 0. The minimum Gasteiger partial charge on any atom is -0.134 e. The molecule has 0 atom stereocenters. The standard InChI is InChI=1S/C10H16S2/c1-7-6-8(10(2,3)4)9(11-5)12-7/h6H,1-5H3. The lowest BCUT2D eigenvalue weighted by molar-refractivity contribution is 0.582. The summed E-state index contributed by atoms with van der Waals surface area (Å²) >= 11 is 3.77. The number of hydrogen-bond acceptors (Lipinski definition) is 2. The third-order valence-electron chi connectivity index (χ3n) is 1.81. The van der Waals surface area contributed by atoms with Gasteiger partial charge in [-0.1, -0.05) is 20.8 Å². The molecule has 12 heavy (non-hydrogen) atoms. The van der Waals surface area contributed by atoms with E-state index in [1.165, 1.54) is 14.6 Å². The van der Waals surface area contributed by atoms with Crippen LogP contribution in [0.3, 0.4) is 0 Å².